The number of para-hydroxylation sites is 2. The molecule has 0 bridgehead atoms. The maximum absolute atomic E-state index is 6.80. The van der Waals surface area contributed by atoms with Crippen LogP contribution in [0.2, 0.25) is 0 Å². The van der Waals surface area contributed by atoms with Crippen LogP contribution in [-0.4, -0.2) is 0 Å². The molecule has 3 nitrogen and oxygen atoms in total. The second kappa shape index (κ2) is 11.0. The lowest BCUT2D eigenvalue weighted by molar-refractivity contribution is 0.669. The summed E-state index contributed by atoms with van der Waals surface area (Å²) < 4.78 is 13.0. The van der Waals surface area contributed by atoms with E-state index in [4.69, 9.17) is 8.83 Å². The molecule has 0 fully saturated rings. The van der Waals surface area contributed by atoms with Crippen LogP contribution in [0.1, 0.15) is 0 Å². The van der Waals surface area contributed by atoms with E-state index in [1.165, 1.54) is 21.9 Å². The first kappa shape index (κ1) is 27.5. The van der Waals surface area contributed by atoms with Gasteiger partial charge in [0.15, 0.2) is 5.58 Å². The van der Waals surface area contributed by atoms with Gasteiger partial charge in [0, 0.05) is 32.9 Å². The van der Waals surface area contributed by atoms with Gasteiger partial charge in [-0.3, -0.25) is 0 Å². The second-order valence-electron chi connectivity index (χ2n) is 12.5. The Morgan fingerprint density at radius 1 is 0.367 bits per heavy atom. The highest BCUT2D eigenvalue weighted by Crippen LogP contribution is 2.47. The van der Waals surface area contributed by atoms with Crippen LogP contribution >= 0.6 is 0 Å². The number of fused-ring (bicyclic) bond motifs is 7. The van der Waals surface area contributed by atoms with E-state index in [-0.39, 0.29) is 0 Å². The molecule has 0 saturated heterocycles. The quantitative estimate of drug-likeness (QED) is 0.190. The molecule has 0 N–H and O–H groups in total. The van der Waals surface area contributed by atoms with Crippen LogP contribution in [0.5, 0.6) is 0 Å². The van der Waals surface area contributed by atoms with E-state index >= 15 is 0 Å². The Morgan fingerprint density at radius 3 is 1.80 bits per heavy atom. The molecule has 10 rings (SSSR count). The highest BCUT2D eigenvalue weighted by molar-refractivity contribution is 6.17. The third kappa shape index (κ3) is 4.51. The zero-order valence-corrected chi connectivity index (χ0v) is 26.5. The Kier molecular flexibility index (Phi) is 6.18. The van der Waals surface area contributed by atoms with Crippen molar-refractivity contribution in [3.05, 3.63) is 176 Å². The average molecular weight is 628 g/mol. The van der Waals surface area contributed by atoms with E-state index < -0.39 is 0 Å². The lowest BCUT2D eigenvalue weighted by atomic mass is 9.97. The Balaban J connectivity index is 1.23. The molecule has 2 aromatic heterocycles. The van der Waals surface area contributed by atoms with Gasteiger partial charge < -0.3 is 13.7 Å². The molecule has 0 aliphatic carbocycles. The van der Waals surface area contributed by atoms with Crippen LogP contribution in [0.15, 0.2) is 185 Å². The molecule has 0 aliphatic rings. The molecule has 3 heteroatoms. The van der Waals surface area contributed by atoms with Crippen molar-refractivity contribution in [2.75, 3.05) is 4.90 Å². The summed E-state index contributed by atoms with van der Waals surface area (Å²) in [5.41, 5.74) is 11.2. The largest absolute Gasteiger partial charge is 0.456 e. The van der Waals surface area contributed by atoms with Crippen molar-refractivity contribution in [3.63, 3.8) is 0 Å². The highest BCUT2D eigenvalue weighted by Gasteiger charge is 2.23. The summed E-state index contributed by atoms with van der Waals surface area (Å²) in [5, 5.41) is 6.73. The summed E-state index contributed by atoms with van der Waals surface area (Å²) in [6, 6.07) is 62.0. The van der Waals surface area contributed by atoms with Crippen LogP contribution in [0.4, 0.5) is 17.1 Å². The summed E-state index contributed by atoms with van der Waals surface area (Å²) >= 11 is 0. The van der Waals surface area contributed by atoms with E-state index in [0.29, 0.717) is 0 Å². The van der Waals surface area contributed by atoms with Gasteiger partial charge in [-0.1, -0.05) is 121 Å². The number of anilines is 3. The van der Waals surface area contributed by atoms with E-state index in [9.17, 15) is 0 Å². The van der Waals surface area contributed by atoms with Crippen LogP contribution in [-0.2, 0) is 0 Å². The number of hydrogen-bond donors (Lipinski definition) is 0. The van der Waals surface area contributed by atoms with Crippen molar-refractivity contribution in [2.45, 2.75) is 0 Å². The van der Waals surface area contributed by atoms with Gasteiger partial charge in [-0.25, -0.2) is 0 Å². The average Bonchev–Trinajstić information content (AvgIpc) is 3.74. The Labute approximate surface area is 282 Å². The van der Waals surface area contributed by atoms with Crippen LogP contribution in [0.3, 0.4) is 0 Å². The minimum Gasteiger partial charge on any atom is -0.456 e. The Morgan fingerprint density at radius 2 is 0.980 bits per heavy atom. The fourth-order valence-corrected chi connectivity index (χ4v) is 7.31. The van der Waals surface area contributed by atoms with Crippen molar-refractivity contribution < 1.29 is 8.83 Å². The van der Waals surface area contributed by atoms with Crippen molar-refractivity contribution >= 4 is 71.7 Å². The fourth-order valence-electron chi connectivity index (χ4n) is 7.31. The van der Waals surface area contributed by atoms with Gasteiger partial charge in [0.25, 0.3) is 0 Å². The predicted molar refractivity (Wildman–Crippen MR) is 204 cm³/mol. The molecule has 49 heavy (non-hydrogen) atoms. The van der Waals surface area contributed by atoms with Crippen LogP contribution in [0, 0.1) is 0 Å². The van der Waals surface area contributed by atoms with Crippen molar-refractivity contribution in [3.8, 4) is 22.3 Å². The van der Waals surface area contributed by atoms with Gasteiger partial charge in [0.2, 0.25) is 0 Å². The minimum atomic E-state index is 0.847. The molecule has 0 amide bonds. The number of hydrogen-bond acceptors (Lipinski definition) is 3. The molecular formula is C46H29NO2. The standard InChI is InChI=1S/C46H29NO2/c1-3-11-30(12-4-1)32-19-20-34-28-35(22-21-33(34)27-32)47(36-23-26-44-40(29-36)38-15-7-9-17-42(38)48-44)41-25-24-37(31-13-5-2-6-14-31)45-39-16-8-10-18-43(39)49-46(41)45/h1-29H. The van der Waals surface area contributed by atoms with Crippen molar-refractivity contribution in [2.24, 2.45) is 0 Å². The molecular weight excluding hydrogens is 599 g/mol. The molecule has 10 aromatic rings. The number of rotatable bonds is 5. The zero-order chi connectivity index (χ0) is 32.3. The van der Waals surface area contributed by atoms with Gasteiger partial charge in [0.1, 0.15) is 16.7 Å². The molecule has 0 saturated carbocycles. The van der Waals surface area contributed by atoms with Gasteiger partial charge in [-0.15, -0.1) is 0 Å². The third-order valence-corrected chi connectivity index (χ3v) is 9.64. The molecule has 0 unspecified atom stereocenters. The summed E-state index contributed by atoms with van der Waals surface area (Å²) in [7, 11) is 0. The summed E-state index contributed by atoms with van der Waals surface area (Å²) in [6.07, 6.45) is 0. The van der Waals surface area contributed by atoms with E-state index in [1.54, 1.807) is 0 Å². The SMILES string of the molecule is c1ccc(-c2ccc3cc(N(c4ccc5oc6ccccc6c5c4)c4ccc(-c5ccccc5)c5c4oc4ccccc45)ccc3c2)cc1. The number of nitrogens with zero attached hydrogens (tertiary/aromatic N) is 1. The second-order valence-corrected chi connectivity index (χ2v) is 12.5. The molecule has 0 radical (unpaired) electrons. The molecule has 230 valence electrons. The Bertz CT molecular complexity index is 2830. The zero-order valence-electron chi connectivity index (χ0n) is 26.5. The monoisotopic (exact) mass is 627 g/mol. The molecule has 0 aliphatic heterocycles. The van der Waals surface area contributed by atoms with E-state index in [1.807, 2.05) is 18.2 Å². The fraction of sp³-hybridized carbons (Fsp3) is 0. The van der Waals surface area contributed by atoms with Gasteiger partial charge >= 0.3 is 0 Å². The summed E-state index contributed by atoms with van der Waals surface area (Å²) in [4.78, 5) is 2.32. The lowest BCUT2D eigenvalue weighted by Crippen LogP contribution is -2.10. The van der Waals surface area contributed by atoms with Gasteiger partial charge in [-0.05, 0) is 87.6 Å². The minimum absolute atomic E-state index is 0.847. The third-order valence-electron chi connectivity index (χ3n) is 9.64. The predicted octanol–water partition coefficient (Wildman–Crippen LogP) is 13.4. The van der Waals surface area contributed by atoms with Gasteiger partial charge in [0.05, 0.1) is 5.69 Å². The molecule has 0 spiro atoms. The highest BCUT2D eigenvalue weighted by atomic mass is 16.3. The van der Waals surface area contributed by atoms with E-state index in [0.717, 1.165) is 72.1 Å². The van der Waals surface area contributed by atoms with Crippen molar-refractivity contribution in [1.82, 2.24) is 0 Å². The maximum atomic E-state index is 6.80. The molecule has 8 aromatic carbocycles. The first-order chi connectivity index (χ1) is 24.3. The number of furan rings is 2. The first-order valence-electron chi connectivity index (χ1n) is 16.6. The molecule has 0 atom stereocenters. The van der Waals surface area contributed by atoms with Crippen molar-refractivity contribution in [1.29, 1.82) is 0 Å². The summed E-state index contributed by atoms with van der Waals surface area (Å²) in [6.45, 7) is 0. The van der Waals surface area contributed by atoms with E-state index in [2.05, 4.69) is 163 Å². The van der Waals surface area contributed by atoms with Crippen LogP contribution < -0.4 is 4.90 Å². The lowest BCUT2D eigenvalue weighted by Gasteiger charge is -2.26. The van der Waals surface area contributed by atoms with Crippen LogP contribution in [0.25, 0.3) is 76.9 Å². The summed E-state index contributed by atoms with van der Waals surface area (Å²) in [5.74, 6) is 0. The Hall–Kier alpha value is -6.58. The maximum Gasteiger partial charge on any atom is 0.160 e. The first-order valence-corrected chi connectivity index (χ1v) is 16.6. The van der Waals surface area contributed by atoms with Gasteiger partial charge in [-0.2, -0.15) is 0 Å². The number of benzene rings is 8. The normalized spacial score (nSPS) is 11.7. The smallest absolute Gasteiger partial charge is 0.160 e. The topological polar surface area (TPSA) is 29.5 Å². The molecule has 2 heterocycles.